The molecule has 1 aliphatic rings. The predicted molar refractivity (Wildman–Crippen MR) is 61.0 cm³/mol. The van der Waals surface area contributed by atoms with Crippen LogP contribution in [0.1, 0.15) is 19.3 Å². The van der Waals surface area contributed by atoms with Gasteiger partial charge in [0.05, 0.1) is 12.7 Å². The van der Waals surface area contributed by atoms with Gasteiger partial charge in [0, 0.05) is 13.8 Å². The first-order chi connectivity index (χ1) is 8.72. The van der Waals surface area contributed by atoms with Gasteiger partial charge in [-0.25, -0.2) is 0 Å². The summed E-state index contributed by atoms with van der Waals surface area (Å²) in [6.07, 6.45) is -0.130. The monoisotopic (exact) mass is 320 g/mol. The van der Waals surface area contributed by atoms with Gasteiger partial charge >= 0.3 is 0 Å². The molecule has 1 rings (SSSR count). The molecule has 9 nitrogen and oxygen atoms in total. The third-order valence-electron chi connectivity index (χ3n) is 2.01. The van der Waals surface area contributed by atoms with Crippen molar-refractivity contribution in [1.82, 2.24) is 0 Å². The molecule has 0 spiro atoms. The Morgan fingerprint density at radius 1 is 1.32 bits per heavy atom. The normalized spacial score (nSPS) is 29.6. The van der Waals surface area contributed by atoms with E-state index in [0.717, 1.165) is 7.11 Å². The fourth-order valence-electron chi connectivity index (χ4n) is 1.42. The molecule has 4 atom stereocenters. The van der Waals surface area contributed by atoms with Gasteiger partial charge in [0.2, 0.25) is 0 Å². The molecule has 0 amide bonds. The van der Waals surface area contributed by atoms with Crippen LogP contribution in [0.5, 0.6) is 0 Å². The zero-order valence-electron chi connectivity index (χ0n) is 10.6. The van der Waals surface area contributed by atoms with Gasteiger partial charge < -0.3 is 29.3 Å². The molecule has 11 heteroatoms. The molecule has 0 aliphatic carbocycles. The largest absolute Gasteiger partial charge is 0.778 e. The van der Waals surface area contributed by atoms with Crippen molar-refractivity contribution < 1.29 is 42.7 Å². The lowest BCUT2D eigenvalue weighted by Crippen LogP contribution is -2.32. The standard InChI is InChI=1S/C7H16O8P2.CH4O/c1-16(9,10)15-17(11,12)14-7-4-2-3-6(5-8)13-7;1-2/h6-8H,2-5H2,1H3,(H,9,10)(H,11,12);2H,1H3/p-2. The van der Waals surface area contributed by atoms with Crippen LogP contribution in [0, 0.1) is 0 Å². The smallest absolute Gasteiger partial charge is 0.275 e. The van der Waals surface area contributed by atoms with Crippen LogP contribution in [-0.4, -0.2) is 43.0 Å². The topological polar surface area (TPSA) is 148 Å². The van der Waals surface area contributed by atoms with E-state index >= 15 is 0 Å². The van der Waals surface area contributed by atoms with Gasteiger partial charge in [0.25, 0.3) is 7.82 Å². The number of ether oxygens (including phenoxy) is 1. The van der Waals surface area contributed by atoms with E-state index in [9.17, 15) is 18.9 Å². The molecule has 0 aromatic heterocycles. The average Bonchev–Trinajstić information content (AvgIpc) is 2.28. The number of hydrogen-bond donors (Lipinski definition) is 2. The summed E-state index contributed by atoms with van der Waals surface area (Å²) in [5.41, 5.74) is 0. The molecule has 1 saturated heterocycles. The molecule has 0 saturated carbocycles. The minimum Gasteiger partial charge on any atom is -0.778 e. The Morgan fingerprint density at radius 2 is 1.89 bits per heavy atom. The van der Waals surface area contributed by atoms with E-state index in [0.29, 0.717) is 25.9 Å². The summed E-state index contributed by atoms with van der Waals surface area (Å²) >= 11 is 0. The molecule has 0 aromatic carbocycles. The van der Waals surface area contributed by atoms with Gasteiger partial charge in [-0.05, 0) is 19.3 Å². The number of phosphoric acid groups is 1. The number of rotatable bonds is 5. The van der Waals surface area contributed by atoms with E-state index in [1.54, 1.807) is 0 Å². The van der Waals surface area contributed by atoms with Crippen LogP contribution in [-0.2, 0) is 22.7 Å². The Kier molecular flexibility index (Phi) is 8.54. The zero-order chi connectivity index (χ0) is 15.1. The molecule has 4 unspecified atom stereocenters. The van der Waals surface area contributed by atoms with E-state index in [2.05, 4.69) is 8.83 Å². The maximum absolute atomic E-state index is 11.2. The maximum Gasteiger partial charge on any atom is 0.275 e. The van der Waals surface area contributed by atoms with E-state index < -0.39 is 27.8 Å². The van der Waals surface area contributed by atoms with Crippen LogP contribution in [0.4, 0.5) is 0 Å². The van der Waals surface area contributed by atoms with E-state index in [1.807, 2.05) is 0 Å². The summed E-state index contributed by atoms with van der Waals surface area (Å²) in [6.45, 7) is 0.372. The third-order valence-corrected chi connectivity index (χ3v) is 4.49. The van der Waals surface area contributed by atoms with Crippen LogP contribution in [0.3, 0.4) is 0 Å². The molecule has 0 radical (unpaired) electrons. The number of hydrogen-bond acceptors (Lipinski definition) is 9. The van der Waals surface area contributed by atoms with Crippen LogP contribution in [0.2, 0.25) is 0 Å². The highest BCUT2D eigenvalue weighted by Crippen LogP contribution is 2.54. The lowest BCUT2D eigenvalue weighted by Gasteiger charge is -2.35. The molecule has 0 aromatic rings. The summed E-state index contributed by atoms with van der Waals surface area (Å²) in [6, 6.07) is 0. The number of aliphatic hydroxyl groups is 2. The van der Waals surface area contributed by atoms with Gasteiger partial charge in [-0.2, -0.15) is 0 Å². The first-order valence-electron chi connectivity index (χ1n) is 5.42. The van der Waals surface area contributed by atoms with Crippen LogP contribution < -0.4 is 9.79 Å². The van der Waals surface area contributed by atoms with Gasteiger partial charge in [-0.15, -0.1) is 0 Å². The highest BCUT2D eigenvalue weighted by Gasteiger charge is 2.27. The first kappa shape index (κ1) is 19.2. The van der Waals surface area contributed by atoms with Crippen molar-refractivity contribution in [3.8, 4) is 0 Å². The number of aliphatic hydroxyl groups excluding tert-OH is 2. The van der Waals surface area contributed by atoms with Crippen LogP contribution in [0.15, 0.2) is 0 Å². The summed E-state index contributed by atoms with van der Waals surface area (Å²) in [5.74, 6) is 0. The average molecular weight is 320 g/mol. The van der Waals surface area contributed by atoms with Crippen LogP contribution in [0.25, 0.3) is 0 Å². The third kappa shape index (κ3) is 8.86. The lowest BCUT2D eigenvalue weighted by atomic mass is 10.1. The van der Waals surface area contributed by atoms with Gasteiger partial charge in [0.15, 0.2) is 6.29 Å². The summed E-state index contributed by atoms with van der Waals surface area (Å²) in [5, 5.41) is 15.8. The Hall–Kier alpha value is 0.180. The molecule has 1 aliphatic heterocycles. The molecular weight excluding hydrogens is 302 g/mol. The van der Waals surface area contributed by atoms with Crippen molar-refractivity contribution in [2.75, 3.05) is 20.4 Å². The first-order valence-corrected chi connectivity index (χ1v) is 8.87. The second kappa shape index (κ2) is 8.46. The summed E-state index contributed by atoms with van der Waals surface area (Å²) in [4.78, 5) is 21.9. The van der Waals surface area contributed by atoms with Crippen LogP contribution >= 0.6 is 15.4 Å². The van der Waals surface area contributed by atoms with Crippen molar-refractivity contribution in [3.63, 3.8) is 0 Å². The maximum atomic E-state index is 11.2. The minimum atomic E-state index is -4.95. The Labute approximate surface area is 111 Å². The Bertz CT molecular complexity index is 341. The second-order valence-electron chi connectivity index (χ2n) is 3.71. The van der Waals surface area contributed by atoms with Crippen molar-refractivity contribution >= 4 is 15.4 Å². The quantitative estimate of drug-likeness (QED) is 0.619. The molecule has 19 heavy (non-hydrogen) atoms. The Morgan fingerprint density at radius 3 is 2.37 bits per heavy atom. The summed E-state index contributed by atoms with van der Waals surface area (Å²) < 4.78 is 35.2. The van der Waals surface area contributed by atoms with Crippen molar-refractivity contribution in [3.05, 3.63) is 0 Å². The Balaban J connectivity index is 0.00000154. The summed E-state index contributed by atoms with van der Waals surface area (Å²) in [7, 11) is -8.38. The highest BCUT2D eigenvalue weighted by molar-refractivity contribution is 7.62. The van der Waals surface area contributed by atoms with E-state index in [4.69, 9.17) is 14.9 Å². The molecule has 1 fully saturated rings. The lowest BCUT2D eigenvalue weighted by molar-refractivity contribution is -0.255. The van der Waals surface area contributed by atoms with Crippen molar-refractivity contribution in [1.29, 1.82) is 0 Å². The second-order valence-corrected chi connectivity index (χ2v) is 7.01. The van der Waals surface area contributed by atoms with Gasteiger partial charge in [-0.3, -0.25) is 13.4 Å². The van der Waals surface area contributed by atoms with Crippen molar-refractivity contribution in [2.45, 2.75) is 31.7 Å². The molecule has 1 heterocycles. The predicted octanol–water partition coefficient (Wildman–Crippen LogP) is -0.833. The van der Waals surface area contributed by atoms with Gasteiger partial charge in [0.1, 0.15) is 7.60 Å². The minimum absolute atomic E-state index is 0.252. The number of phosphoric ester groups is 1. The molecule has 0 bridgehead atoms. The van der Waals surface area contributed by atoms with E-state index in [-0.39, 0.29) is 6.61 Å². The molecular formula is C8H18O9P2-2. The molecule has 2 N–H and O–H groups in total. The van der Waals surface area contributed by atoms with Crippen molar-refractivity contribution in [2.24, 2.45) is 0 Å². The molecule has 116 valence electrons. The fourth-order valence-corrected chi connectivity index (χ4v) is 3.47. The fraction of sp³-hybridized carbons (Fsp3) is 1.00. The zero-order valence-corrected chi connectivity index (χ0v) is 12.4. The SMILES string of the molecule is CO.CP(=O)([O-])OP(=O)([O-])OC1CCCC(CO)O1. The van der Waals surface area contributed by atoms with Gasteiger partial charge in [-0.1, -0.05) is 0 Å². The highest BCUT2D eigenvalue weighted by atomic mass is 31.3. The van der Waals surface area contributed by atoms with E-state index in [1.165, 1.54) is 0 Å².